The number of nitrogens with two attached hydrogens (primary N) is 1. The standard InChI is InChI=1S/C16H25ClN2O3/c1-4-6-22-15-13(17)7-12(8-14(15)21-5-2)16(20)19-10-11(3)9-18/h7-8,11H,4-6,9-10,18H2,1-3H3,(H,19,20). The normalized spacial score (nSPS) is 11.9. The van der Waals surface area contributed by atoms with Crippen LogP contribution < -0.4 is 20.5 Å². The molecule has 1 aromatic rings. The van der Waals surface area contributed by atoms with Crippen molar-refractivity contribution in [1.82, 2.24) is 5.32 Å². The Morgan fingerprint density at radius 3 is 2.68 bits per heavy atom. The van der Waals surface area contributed by atoms with E-state index in [-0.39, 0.29) is 11.8 Å². The topological polar surface area (TPSA) is 73.6 Å². The minimum atomic E-state index is -0.204. The second kappa shape index (κ2) is 9.54. The molecule has 5 nitrogen and oxygen atoms in total. The molecular weight excluding hydrogens is 304 g/mol. The second-order valence-electron chi connectivity index (χ2n) is 5.12. The van der Waals surface area contributed by atoms with E-state index in [2.05, 4.69) is 5.32 Å². The Morgan fingerprint density at radius 1 is 1.36 bits per heavy atom. The summed E-state index contributed by atoms with van der Waals surface area (Å²) in [5, 5.41) is 3.21. The molecule has 0 fully saturated rings. The maximum absolute atomic E-state index is 12.2. The van der Waals surface area contributed by atoms with E-state index < -0.39 is 0 Å². The van der Waals surface area contributed by atoms with Gasteiger partial charge in [-0.2, -0.15) is 0 Å². The van der Waals surface area contributed by atoms with E-state index in [1.54, 1.807) is 12.1 Å². The molecule has 0 aliphatic carbocycles. The van der Waals surface area contributed by atoms with Gasteiger partial charge in [0.2, 0.25) is 0 Å². The lowest BCUT2D eigenvalue weighted by Gasteiger charge is -2.15. The van der Waals surface area contributed by atoms with Gasteiger partial charge in [0.25, 0.3) is 5.91 Å². The summed E-state index contributed by atoms with van der Waals surface area (Å²) in [4.78, 5) is 12.2. The Hall–Kier alpha value is -1.46. The van der Waals surface area contributed by atoms with Crippen LogP contribution in [0.2, 0.25) is 5.02 Å². The van der Waals surface area contributed by atoms with Gasteiger partial charge in [-0.15, -0.1) is 0 Å². The molecule has 1 unspecified atom stereocenters. The lowest BCUT2D eigenvalue weighted by atomic mass is 10.1. The molecule has 0 saturated heterocycles. The molecular formula is C16H25ClN2O3. The highest BCUT2D eigenvalue weighted by Gasteiger charge is 2.16. The molecule has 1 atom stereocenters. The largest absolute Gasteiger partial charge is 0.490 e. The van der Waals surface area contributed by atoms with Gasteiger partial charge in [0.1, 0.15) is 0 Å². The van der Waals surface area contributed by atoms with E-state index in [4.69, 9.17) is 26.8 Å². The molecule has 0 heterocycles. The van der Waals surface area contributed by atoms with E-state index in [9.17, 15) is 4.79 Å². The van der Waals surface area contributed by atoms with Crippen LogP contribution in [0.25, 0.3) is 0 Å². The number of halogens is 1. The quantitative estimate of drug-likeness (QED) is 0.731. The third-order valence-corrected chi connectivity index (χ3v) is 3.32. The van der Waals surface area contributed by atoms with Crippen LogP contribution in [-0.2, 0) is 0 Å². The first-order chi connectivity index (χ1) is 10.5. The zero-order valence-electron chi connectivity index (χ0n) is 13.4. The summed E-state index contributed by atoms with van der Waals surface area (Å²) in [6, 6.07) is 3.25. The van der Waals surface area contributed by atoms with Crippen LogP contribution in [0, 0.1) is 5.92 Å². The van der Waals surface area contributed by atoms with Crippen molar-refractivity contribution in [2.24, 2.45) is 11.7 Å². The molecule has 0 radical (unpaired) electrons. The van der Waals surface area contributed by atoms with Crippen molar-refractivity contribution in [3.63, 3.8) is 0 Å². The van der Waals surface area contributed by atoms with Crippen molar-refractivity contribution in [3.05, 3.63) is 22.7 Å². The van der Waals surface area contributed by atoms with Gasteiger partial charge in [-0.05, 0) is 37.9 Å². The Bertz CT molecular complexity index is 495. The van der Waals surface area contributed by atoms with Crippen molar-refractivity contribution in [1.29, 1.82) is 0 Å². The summed E-state index contributed by atoms with van der Waals surface area (Å²) in [6.07, 6.45) is 0.862. The number of nitrogens with one attached hydrogen (secondary N) is 1. The first-order valence-corrected chi connectivity index (χ1v) is 7.98. The van der Waals surface area contributed by atoms with Crippen LogP contribution in [0.3, 0.4) is 0 Å². The maximum atomic E-state index is 12.2. The van der Waals surface area contributed by atoms with Gasteiger partial charge < -0.3 is 20.5 Å². The van der Waals surface area contributed by atoms with Crippen LogP contribution in [0.5, 0.6) is 11.5 Å². The number of amides is 1. The average molecular weight is 329 g/mol. The number of carbonyl (C=O) groups is 1. The van der Waals surface area contributed by atoms with E-state index in [1.165, 1.54) is 0 Å². The van der Waals surface area contributed by atoms with Crippen LogP contribution in [0.4, 0.5) is 0 Å². The third-order valence-electron chi connectivity index (χ3n) is 3.04. The molecule has 1 rings (SSSR count). The van der Waals surface area contributed by atoms with Gasteiger partial charge in [-0.25, -0.2) is 0 Å². The van der Waals surface area contributed by atoms with E-state index in [0.717, 1.165) is 6.42 Å². The Labute approximate surface area is 137 Å². The molecule has 3 N–H and O–H groups in total. The Morgan fingerprint density at radius 2 is 2.09 bits per heavy atom. The molecule has 6 heteroatoms. The molecule has 0 aliphatic heterocycles. The van der Waals surface area contributed by atoms with Gasteiger partial charge in [0.05, 0.1) is 18.2 Å². The predicted molar refractivity (Wildman–Crippen MR) is 89.0 cm³/mol. The molecule has 124 valence electrons. The average Bonchev–Trinajstić information content (AvgIpc) is 2.51. The highest BCUT2D eigenvalue weighted by Crippen LogP contribution is 2.36. The third kappa shape index (κ3) is 5.39. The fourth-order valence-corrected chi connectivity index (χ4v) is 2.02. The second-order valence-corrected chi connectivity index (χ2v) is 5.52. The Balaban J connectivity index is 2.94. The van der Waals surface area contributed by atoms with E-state index in [0.29, 0.717) is 48.4 Å². The molecule has 22 heavy (non-hydrogen) atoms. The van der Waals surface area contributed by atoms with Crippen molar-refractivity contribution >= 4 is 17.5 Å². The first kappa shape index (κ1) is 18.6. The van der Waals surface area contributed by atoms with Crippen molar-refractivity contribution < 1.29 is 14.3 Å². The minimum Gasteiger partial charge on any atom is -0.490 e. The fraction of sp³-hybridized carbons (Fsp3) is 0.562. The van der Waals surface area contributed by atoms with Gasteiger partial charge in [-0.1, -0.05) is 25.4 Å². The maximum Gasteiger partial charge on any atom is 0.251 e. The lowest BCUT2D eigenvalue weighted by molar-refractivity contribution is 0.0948. The highest BCUT2D eigenvalue weighted by atomic mass is 35.5. The summed E-state index contributed by atoms with van der Waals surface area (Å²) in [5.74, 6) is 0.987. The number of benzene rings is 1. The summed E-state index contributed by atoms with van der Waals surface area (Å²) in [5.41, 5.74) is 5.99. The van der Waals surface area contributed by atoms with Gasteiger partial charge >= 0.3 is 0 Å². The number of hydrogen-bond donors (Lipinski definition) is 2. The van der Waals surface area contributed by atoms with Crippen molar-refractivity contribution in [2.75, 3.05) is 26.3 Å². The van der Waals surface area contributed by atoms with Crippen LogP contribution in [0.15, 0.2) is 12.1 Å². The molecule has 0 aliphatic rings. The fourth-order valence-electron chi connectivity index (χ4n) is 1.76. The molecule has 0 saturated carbocycles. The SMILES string of the molecule is CCCOc1c(Cl)cc(C(=O)NCC(C)CN)cc1OCC. The zero-order valence-corrected chi connectivity index (χ0v) is 14.2. The lowest BCUT2D eigenvalue weighted by Crippen LogP contribution is -2.31. The predicted octanol–water partition coefficient (Wildman–Crippen LogP) is 2.85. The zero-order chi connectivity index (χ0) is 16.5. The van der Waals surface area contributed by atoms with Gasteiger partial charge in [0, 0.05) is 12.1 Å². The number of rotatable bonds is 9. The van der Waals surface area contributed by atoms with Crippen LogP contribution in [-0.4, -0.2) is 32.2 Å². The van der Waals surface area contributed by atoms with Crippen molar-refractivity contribution in [3.8, 4) is 11.5 Å². The van der Waals surface area contributed by atoms with Gasteiger partial charge in [0.15, 0.2) is 11.5 Å². The highest BCUT2D eigenvalue weighted by molar-refractivity contribution is 6.32. The van der Waals surface area contributed by atoms with Crippen LogP contribution >= 0.6 is 11.6 Å². The molecule has 0 bridgehead atoms. The molecule has 0 spiro atoms. The molecule has 1 amide bonds. The minimum absolute atomic E-state index is 0.204. The number of ether oxygens (including phenoxy) is 2. The molecule has 0 aromatic heterocycles. The smallest absolute Gasteiger partial charge is 0.251 e. The first-order valence-electron chi connectivity index (χ1n) is 7.60. The Kier molecular flexibility index (Phi) is 8.06. The van der Waals surface area contributed by atoms with Crippen molar-refractivity contribution in [2.45, 2.75) is 27.2 Å². The summed E-state index contributed by atoms with van der Waals surface area (Å²) in [6.45, 7) is 7.90. The van der Waals surface area contributed by atoms with E-state index in [1.807, 2.05) is 20.8 Å². The summed E-state index contributed by atoms with van der Waals surface area (Å²) in [7, 11) is 0. The van der Waals surface area contributed by atoms with Gasteiger partial charge in [-0.3, -0.25) is 4.79 Å². The van der Waals surface area contributed by atoms with E-state index >= 15 is 0 Å². The summed E-state index contributed by atoms with van der Waals surface area (Å²) < 4.78 is 11.2. The number of hydrogen-bond acceptors (Lipinski definition) is 4. The monoisotopic (exact) mass is 328 g/mol. The number of carbonyl (C=O) groups excluding carboxylic acids is 1. The summed E-state index contributed by atoms with van der Waals surface area (Å²) >= 11 is 6.24. The van der Waals surface area contributed by atoms with Crippen LogP contribution in [0.1, 0.15) is 37.6 Å². The molecule has 1 aromatic carbocycles.